The molecule has 5 heteroatoms. The molecular formula is C46H32N4O. The summed E-state index contributed by atoms with van der Waals surface area (Å²) >= 11 is 0. The topological polar surface area (TPSA) is 75.6 Å². The highest BCUT2D eigenvalue weighted by atomic mass is 16.3. The van der Waals surface area contributed by atoms with Gasteiger partial charge in [-0.2, -0.15) is 5.26 Å². The molecule has 1 fully saturated rings. The van der Waals surface area contributed by atoms with Crippen LogP contribution in [0.15, 0.2) is 138 Å². The SMILES string of the molecule is N#Cc1ccc2c(c1)-c1ccc(-c3cccc(-c4nc(-c5ccccc5)nc(-c5cccc6c5oc5ccccc56)n4)c3)cc1C21CCCCC1. The van der Waals surface area contributed by atoms with E-state index in [1.165, 1.54) is 47.1 Å². The maximum absolute atomic E-state index is 9.70. The van der Waals surface area contributed by atoms with Crippen LogP contribution in [0.5, 0.6) is 0 Å². The fraction of sp³-hybridized carbons (Fsp3) is 0.130. The summed E-state index contributed by atoms with van der Waals surface area (Å²) < 4.78 is 6.41. The van der Waals surface area contributed by atoms with Crippen LogP contribution in [0.3, 0.4) is 0 Å². The molecule has 10 rings (SSSR count). The zero-order valence-corrected chi connectivity index (χ0v) is 27.9. The first-order valence-electron chi connectivity index (χ1n) is 17.7. The van der Waals surface area contributed by atoms with Gasteiger partial charge in [0, 0.05) is 27.3 Å². The Morgan fingerprint density at radius 3 is 2.08 bits per heavy atom. The van der Waals surface area contributed by atoms with Gasteiger partial charge in [0.2, 0.25) is 0 Å². The molecule has 5 nitrogen and oxygen atoms in total. The number of hydrogen-bond donors (Lipinski definition) is 0. The van der Waals surface area contributed by atoms with Crippen LogP contribution < -0.4 is 0 Å². The van der Waals surface area contributed by atoms with E-state index < -0.39 is 0 Å². The van der Waals surface area contributed by atoms with Gasteiger partial charge < -0.3 is 4.42 Å². The van der Waals surface area contributed by atoms with E-state index in [9.17, 15) is 5.26 Å². The van der Waals surface area contributed by atoms with E-state index in [-0.39, 0.29) is 5.41 Å². The van der Waals surface area contributed by atoms with Crippen LogP contribution in [-0.4, -0.2) is 15.0 Å². The van der Waals surface area contributed by atoms with E-state index in [0.717, 1.165) is 57.0 Å². The summed E-state index contributed by atoms with van der Waals surface area (Å²) in [6.07, 6.45) is 5.97. The third-order valence-corrected chi connectivity index (χ3v) is 11.0. The first-order valence-corrected chi connectivity index (χ1v) is 17.7. The van der Waals surface area contributed by atoms with Gasteiger partial charge in [0.25, 0.3) is 0 Å². The molecule has 1 saturated carbocycles. The Bertz CT molecular complexity index is 2700. The monoisotopic (exact) mass is 656 g/mol. The number of rotatable bonds is 4. The first kappa shape index (κ1) is 29.5. The molecule has 2 heterocycles. The van der Waals surface area contributed by atoms with Gasteiger partial charge in [-0.25, -0.2) is 15.0 Å². The largest absolute Gasteiger partial charge is 0.455 e. The number of aromatic nitrogens is 3. The Labute approximate surface area is 295 Å². The maximum Gasteiger partial charge on any atom is 0.167 e. The Kier molecular flexibility index (Phi) is 6.72. The Morgan fingerprint density at radius 2 is 1.22 bits per heavy atom. The lowest BCUT2D eigenvalue weighted by atomic mass is 9.67. The lowest BCUT2D eigenvalue weighted by Crippen LogP contribution is -2.28. The van der Waals surface area contributed by atoms with Crippen LogP contribution in [0.2, 0.25) is 0 Å². The summed E-state index contributed by atoms with van der Waals surface area (Å²) in [5.41, 5.74) is 12.5. The molecule has 8 aromatic rings. The highest BCUT2D eigenvalue weighted by Crippen LogP contribution is 2.56. The lowest BCUT2D eigenvalue weighted by molar-refractivity contribution is 0.353. The molecule has 2 aliphatic rings. The summed E-state index contributed by atoms with van der Waals surface area (Å²) in [5, 5.41) is 11.8. The van der Waals surface area contributed by atoms with Crippen molar-refractivity contribution in [3.63, 3.8) is 0 Å². The molecule has 242 valence electrons. The van der Waals surface area contributed by atoms with Crippen LogP contribution in [-0.2, 0) is 5.41 Å². The molecular weight excluding hydrogens is 625 g/mol. The highest BCUT2D eigenvalue weighted by molar-refractivity contribution is 6.09. The number of hydrogen-bond acceptors (Lipinski definition) is 5. The van der Waals surface area contributed by atoms with Crippen molar-refractivity contribution in [2.45, 2.75) is 37.5 Å². The summed E-state index contributed by atoms with van der Waals surface area (Å²) in [6, 6.07) is 48.4. The smallest absolute Gasteiger partial charge is 0.167 e. The van der Waals surface area contributed by atoms with Crippen molar-refractivity contribution in [2.24, 2.45) is 0 Å². The molecule has 51 heavy (non-hydrogen) atoms. The minimum atomic E-state index is -0.00407. The van der Waals surface area contributed by atoms with Crippen molar-refractivity contribution in [3.05, 3.63) is 150 Å². The molecule has 0 N–H and O–H groups in total. The van der Waals surface area contributed by atoms with E-state index in [1.807, 2.05) is 66.7 Å². The number of para-hydroxylation sites is 2. The van der Waals surface area contributed by atoms with Crippen molar-refractivity contribution < 1.29 is 4.42 Å². The Hall–Kier alpha value is -6.38. The summed E-state index contributed by atoms with van der Waals surface area (Å²) in [5.74, 6) is 1.79. The second-order valence-corrected chi connectivity index (χ2v) is 13.8. The predicted molar refractivity (Wildman–Crippen MR) is 203 cm³/mol. The van der Waals surface area contributed by atoms with Gasteiger partial charge in [0.1, 0.15) is 11.2 Å². The van der Waals surface area contributed by atoms with Crippen molar-refractivity contribution in [3.8, 4) is 62.5 Å². The zero-order chi connectivity index (χ0) is 33.9. The van der Waals surface area contributed by atoms with E-state index in [0.29, 0.717) is 23.0 Å². The van der Waals surface area contributed by atoms with E-state index in [2.05, 4.69) is 72.8 Å². The van der Waals surface area contributed by atoms with Gasteiger partial charge in [0.05, 0.1) is 17.2 Å². The standard InChI is InChI=1S/C46H32N4O/c47-28-29-19-22-39-38(25-29)34-21-20-32(27-40(34)46(39)23-7-2-8-24-46)31-13-9-14-33(26-31)44-48-43(30-11-3-1-4-12-30)49-45(50-44)37-17-10-16-36-35-15-5-6-18-41(35)51-42(36)37/h1,3-6,9-22,25-27H,2,7-8,23-24H2. The van der Waals surface area contributed by atoms with Gasteiger partial charge in [-0.15, -0.1) is 0 Å². The number of fused-ring (bicyclic) bond motifs is 8. The van der Waals surface area contributed by atoms with E-state index >= 15 is 0 Å². The van der Waals surface area contributed by atoms with Crippen LogP contribution >= 0.6 is 0 Å². The lowest BCUT2D eigenvalue weighted by Gasteiger charge is -2.36. The number of nitrogens with zero attached hydrogens (tertiary/aromatic N) is 4. The molecule has 0 aliphatic heterocycles. The Balaban J connectivity index is 1.11. The molecule has 0 saturated heterocycles. The predicted octanol–water partition coefficient (Wildman–Crippen LogP) is 11.5. The van der Waals surface area contributed by atoms with Crippen LogP contribution in [0.1, 0.15) is 48.8 Å². The number of furan rings is 1. The van der Waals surface area contributed by atoms with Gasteiger partial charge in [-0.3, -0.25) is 0 Å². The van der Waals surface area contributed by atoms with Crippen LogP contribution in [0.4, 0.5) is 0 Å². The molecule has 0 bridgehead atoms. The van der Waals surface area contributed by atoms with Crippen molar-refractivity contribution in [1.29, 1.82) is 5.26 Å². The quantitative estimate of drug-likeness (QED) is 0.188. The van der Waals surface area contributed by atoms with Crippen molar-refractivity contribution >= 4 is 21.9 Å². The zero-order valence-electron chi connectivity index (χ0n) is 27.9. The van der Waals surface area contributed by atoms with Crippen LogP contribution in [0.25, 0.3) is 78.4 Å². The summed E-state index contributed by atoms with van der Waals surface area (Å²) in [4.78, 5) is 15.2. The summed E-state index contributed by atoms with van der Waals surface area (Å²) in [7, 11) is 0. The highest BCUT2D eigenvalue weighted by Gasteiger charge is 2.43. The van der Waals surface area contributed by atoms with Crippen molar-refractivity contribution in [1.82, 2.24) is 15.0 Å². The minimum Gasteiger partial charge on any atom is -0.455 e. The fourth-order valence-electron chi connectivity index (χ4n) is 8.55. The Morgan fingerprint density at radius 1 is 0.510 bits per heavy atom. The second-order valence-electron chi connectivity index (χ2n) is 13.8. The molecule has 0 radical (unpaired) electrons. The number of nitriles is 1. The average Bonchev–Trinajstić information content (AvgIpc) is 3.71. The maximum atomic E-state index is 9.70. The molecule has 0 atom stereocenters. The van der Waals surface area contributed by atoms with Crippen LogP contribution in [0, 0.1) is 11.3 Å². The fourth-order valence-corrected chi connectivity index (χ4v) is 8.55. The molecule has 2 aliphatic carbocycles. The summed E-state index contributed by atoms with van der Waals surface area (Å²) in [6.45, 7) is 0. The first-order chi connectivity index (χ1) is 25.2. The van der Waals surface area contributed by atoms with E-state index in [1.54, 1.807) is 0 Å². The van der Waals surface area contributed by atoms with Gasteiger partial charge >= 0.3 is 0 Å². The normalized spacial score (nSPS) is 14.4. The van der Waals surface area contributed by atoms with Gasteiger partial charge in [-0.05, 0) is 82.6 Å². The molecule has 6 aromatic carbocycles. The molecule has 0 amide bonds. The van der Waals surface area contributed by atoms with E-state index in [4.69, 9.17) is 19.4 Å². The number of benzene rings is 6. The molecule has 2 aromatic heterocycles. The third-order valence-electron chi connectivity index (χ3n) is 11.0. The molecule has 0 unspecified atom stereocenters. The average molecular weight is 657 g/mol. The second kappa shape index (κ2) is 11.6. The van der Waals surface area contributed by atoms with Gasteiger partial charge in [-0.1, -0.05) is 116 Å². The third kappa shape index (κ3) is 4.71. The van der Waals surface area contributed by atoms with Gasteiger partial charge in [0.15, 0.2) is 17.5 Å². The van der Waals surface area contributed by atoms with Crippen molar-refractivity contribution in [2.75, 3.05) is 0 Å². The molecule has 1 spiro atoms. The minimum absolute atomic E-state index is 0.00407.